The number of rotatable bonds is 6. The van der Waals surface area contributed by atoms with Gasteiger partial charge in [0.1, 0.15) is 12.7 Å². The average molecular weight is 282 g/mol. The molecule has 110 valence electrons. The molecule has 0 saturated carbocycles. The maximum atomic E-state index is 13.3. The van der Waals surface area contributed by atoms with Gasteiger partial charge in [0.2, 0.25) is 5.91 Å². The lowest BCUT2D eigenvalue weighted by Crippen LogP contribution is -2.50. The Morgan fingerprint density at radius 3 is 3.05 bits per heavy atom. The van der Waals surface area contributed by atoms with Crippen molar-refractivity contribution < 1.29 is 19.0 Å². The third-order valence-corrected chi connectivity index (χ3v) is 3.15. The molecule has 0 bridgehead atoms. The van der Waals surface area contributed by atoms with Crippen LogP contribution in [0.15, 0.2) is 24.3 Å². The topological polar surface area (TPSA) is 70.6 Å². The molecule has 2 unspecified atom stereocenters. The summed E-state index contributed by atoms with van der Waals surface area (Å²) in [5.41, 5.74) is 0. The van der Waals surface area contributed by atoms with Crippen LogP contribution in [-0.4, -0.2) is 42.9 Å². The molecular formula is C14H19FN2O3. The van der Waals surface area contributed by atoms with Gasteiger partial charge in [-0.25, -0.2) is 4.39 Å². The van der Waals surface area contributed by atoms with E-state index < -0.39 is 11.9 Å². The molecule has 2 rings (SSSR count). The Kier molecular flexibility index (Phi) is 5.31. The van der Waals surface area contributed by atoms with E-state index >= 15 is 0 Å². The fourth-order valence-electron chi connectivity index (χ4n) is 2.05. The van der Waals surface area contributed by atoms with Crippen molar-refractivity contribution in [3.8, 4) is 5.75 Å². The van der Waals surface area contributed by atoms with Crippen molar-refractivity contribution in [3.05, 3.63) is 30.1 Å². The Morgan fingerprint density at radius 2 is 2.30 bits per heavy atom. The lowest BCUT2D eigenvalue weighted by molar-refractivity contribution is -0.124. The lowest BCUT2D eigenvalue weighted by atomic mass is 10.1. The number of carbonyl (C=O) groups excluding carboxylic acids is 1. The number of ether oxygens (including phenoxy) is 1. The molecular weight excluding hydrogens is 263 g/mol. The van der Waals surface area contributed by atoms with Gasteiger partial charge < -0.3 is 20.5 Å². The molecule has 1 fully saturated rings. The van der Waals surface area contributed by atoms with Gasteiger partial charge in [0, 0.05) is 13.1 Å². The SMILES string of the molecule is O=C1NCCCC1NCC(O)COc1ccccc1F. The van der Waals surface area contributed by atoms with Crippen molar-refractivity contribution in [1.29, 1.82) is 0 Å². The maximum absolute atomic E-state index is 13.3. The fourth-order valence-corrected chi connectivity index (χ4v) is 2.05. The summed E-state index contributed by atoms with van der Waals surface area (Å²) < 4.78 is 18.5. The first-order valence-corrected chi connectivity index (χ1v) is 6.73. The van der Waals surface area contributed by atoms with Gasteiger partial charge in [-0.15, -0.1) is 0 Å². The van der Waals surface area contributed by atoms with Gasteiger partial charge in [-0.05, 0) is 25.0 Å². The van der Waals surface area contributed by atoms with Crippen LogP contribution in [0.5, 0.6) is 5.75 Å². The molecule has 0 aromatic heterocycles. The number of aliphatic hydroxyl groups is 1. The molecule has 1 aliphatic rings. The van der Waals surface area contributed by atoms with Crippen LogP contribution in [0.1, 0.15) is 12.8 Å². The van der Waals surface area contributed by atoms with E-state index in [1.165, 1.54) is 12.1 Å². The first-order valence-electron chi connectivity index (χ1n) is 6.73. The molecule has 20 heavy (non-hydrogen) atoms. The summed E-state index contributed by atoms with van der Waals surface area (Å²) in [4.78, 5) is 11.5. The Balaban J connectivity index is 1.71. The highest BCUT2D eigenvalue weighted by atomic mass is 19.1. The predicted molar refractivity (Wildman–Crippen MR) is 71.9 cm³/mol. The third-order valence-electron chi connectivity index (χ3n) is 3.15. The van der Waals surface area contributed by atoms with Gasteiger partial charge in [-0.1, -0.05) is 12.1 Å². The van der Waals surface area contributed by atoms with Crippen LogP contribution in [0.4, 0.5) is 4.39 Å². The standard InChI is InChI=1S/C14H19FN2O3/c15-11-4-1-2-6-13(11)20-9-10(18)8-17-12-5-3-7-16-14(12)19/h1-2,4,6,10,12,17-18H,3,5,7-9H2,(H,16,19). The van der Waals surface area contributed by atoms with E-state index in [0.29, 0.717) is 6.54 Å². The largest absolute Gasteiger partial charge is 0.488 e. The van der Waals surface area contributed by atoms with Gasteiger partial charge in [-0.2, -0.15) is 0 Å². The molecule has 6 heteroatoms. The highest BCUT2D eigenvalue weighted by Crippen LogP contribution is 2.15. The summed E-state index contributed by atoms with van der Waals surface area (Å²) in [5.74, 6) is -0.389. The second kappa shape index (κ2) is 7.21. The van der Waals surface area contributed by atoms with E-state index in [0.717, 1.165) is 12.8 Å². The van der Waals surface area contributed by atoms with Crippen LogP contribution >= 0.6 is 0 Å². The van der Waals surface area contributed by atoms with E-state index in [-0.39, 0.29) is 30.9 Å². The number of carbonyl (C=O) groups is 1. The average Bonchev–Trinajstić information content (AvgIpc) is 2.45. The van der Waals surface area contributed by atoms with Gasteiger partial charge >= 0.3 is 0 Å². The third kappa shape index (κ3) is 4.18. The molecule has 1 saturated heterocycles. The van der Waals surface area contributed by atoms with E-state index in [2.05, 4.69) is 10.6 Å². The van der Waals surface area contributed by atoms with Crippen LogP contribution < -0.4 is 15.4 Å². The molecule has 1 heterocycles. The van der Waals surface area contributed by atoms with Gasteiger partial charge in [0.25, 0.3) is 0 Å². The molecule has 3 N–H and O–H groups in total. The van der Waals surface area contributed by atoms with E-state index in [1.54, 1.807) is 12.1 Å². The number of hydrogen-bond donors (Lipinski definition) is 3. The van der Waals surface area contributed by atoms with Gasteiger partial charge in [0.05, 0.1) is 6.04 Å². The van der Waals surface area contributed by atoms with Gasteiger partial charge in [-0.3, -0.25) is 4.79 Å². The Bertz CT molecular complexity index is 456. The van der Waals surface area contributed by atoms with Crippen molar-refractivity contribution in [2.75, 3.05) is 19.7 Å². The molecule has 5 nitrogen and oxygen atoms in total. The van der Waals surface area contributed by atoms with E-state index in [1.807, 2.05) is 0 Å². The zero-order chi connectivity index (χ0) is 14.4. The summed E-state index contributed by atoms with van der Waals surface area (Å²) in [6.07, 6.45) is 0.877. The monoisotopic (exact) mass is 282 g/mol. The summed E-state index contributed by atoms with van der Waals surface area (Å²) in [6.45, 7) is 0.908. The Morgan fingerprint density at radius 1 is 1.50 bits per heavy atom. The van der Waals surface area contributed by atoms with Crippen molar-refractivity contribution in [3.63, 3.8) is 0 Å². The molecule has 1 aromatic carbocycles. The maximum Gasteiger partial charge on any atom is 0.237 e. The van der Waals surface area contributed by atoms with E-state index in [9.17, 15) is 14.3 Å². The minimum Gasteiger partial charge on any atom is -0.488 e. The van der Waals surface area contributed by atoms with Gasteiger partial charge in [0.15, 0.2) is 11.6 Å². The number of para-hydroxylation sites is 1. The van der Waals surface area contributed by atoms with Crippen LogP contribution in [0, 0.1) is 5.82 Å². The molecule has 1 aromatic rings. The van der Waals surface area contributed by atoms with Crippen molar-refractivity contribution in [2.45, 2.75) is 25.0 Å². The first-order chi connectivity index (χ1) is 9.66. The molecule has 1 amide bonds. The molecule has 2 atom stereocenters. The van der Waals surface area contributed by atoms with Crippen molar-refractivity contribution in [1.82, 2.24) is 10.6 Å². The highest BCUT2D eigenvalue weighted by molar-refractivity contribution is 5.82. The highest BCUT2D eigenvalue weighted by Gasteiger charge is 2.22. The minimum absolute atomic E-state index is 0.0255. The normalized spacial score (nSPS) is 20.3. The quantitative estimate of drug-likeness (QED) is 0.708. The Labute approximate surface area is 117 Å². The summed E-state index contributed by atoms with van der Waals surface area (Å²) in [6, 6.07) is 5.76. The van der Waals surface area contributed by atoms with Crippen molar-refractivity contribution >= 4 is 5.91 Å². The lowest BCUT2D eigenvalue weighted by Gasteiger charge is -2.24. The summed E-state index contributed by atoms with van der Waals surface area (Å²) in [5, 5.41) is 15.5. The number of aliphatic hydroxyl groups excluding tert-OH is 1. The number of nitrogens with one attached hydrogen (secondary N) is 2. The number of hydrogen-bond acceptors (Lipinski definition) is 4. The first kappa shape index (κ1) is 14.7. The summed E-state index contributed by atoms with van der Waals surface area (Å²) >= 11 is 0. The number of benzene rings is 1. The molecule has 0 radical (unpaired) electrons. The number of amides is 1. The van der Waals surface area contributed by atoms with E-state index in [4.69, 9.17) is 4.74 Å². The van der Waals surface area contributed by atoms with Crippen molar-refractivity contribution in [2.24, 2.45) is 0 Å². The van der Waals surface area contributed by atoms with Crippen LogP contribution in [-0.2, 0) is 4.79 Å². The smallest absolute Gasteiger partial charge is 0.237 e. The second-order valence-electron chi connectivity index (χ2n) is 4.79. The second-order valence-corrected chi connectivity index (χ2v) is 4.79. The minimum atomic E-state index is -0.802. The molecule has 0 aliphatic carbocycles. The van der Waals surface area contributed by atoms with Crippen LogP contribution in [0.25, 0.3) is 0 Å². The molecule has 0 spiro atoms. The number of halogens is 1. The van der Waals surface area contributed by atoms with Crippen LogP contribution in [0.3, 0.4) is 0 Å². The number of piperidine rings is 1. The fraction of sp³-hybridized carbons (Fsp3) is 0.500. The summed E-state index contributed by atoms with van der Waals surface area (Å²) in [7, 11) is 0. The van der Waals surface area contributed by atoms with Crippen LogP contribution in [0.2, 0.25) is 0 Å². The molecule has 1 aliphatic heterocycles. The predicted octanol–water partition coefficient (Wildman–Crippen LogP) is 0.434. The Hall–Kier alpha value is -1.66. The zero-order valence-electron chi connectivity index (χ0n) is 11.1. The zero-order valence-corrected chi connectivity index (χ0v) is 11.1.